The molecular formula is C15H18O3S. The van der Waals surface area contributed by atoms with Gasteiger partial charge in [-0.25, -0.2) is 0 Å². The summed E-state index contributed by atoms with van der Waals surface area (Å²) in [7, 11) is 0.647. The smallest absolute Gasteiger partial charge is 0.149 e. The number of carbonyl (C=O) groups excluding carboxylic acids is 1. The molecule has 0 N–H and O–H groups in total. The lowest BCUT2D eigenvalue weighted by Crippen LogP contribution is -2.45. The van der Waals surface area contributed by atoms with Crippen molar-refractivity contribution in [2.24, 2.45) is 0 Å². The minimum absolute atomic E-state index is 0.188. The number of hydrogen-bond donors (Lipinski definition) is 0. The van der Waals surface area contributed by atoms with Crippen LogP contribution in [0.5, 0.6) is 5.75 Å². The van der Waals surface area contributed by atoms with Crippen LogP contribution < -0.4 is 4.74 Å². The van der Waals surface area contributed by atoms with E-state index in [1.807, 2.05) is 24.3 Å². The van der Waals surface area contributed by atoms with E-state index in [1.54, 1.807) is 7.11 Å². The van der Waals surface area contributed by atoms with Gasteiger partial charge in [-0.1, -0.05) is 12.1 Å². The summed E-state index contributed by atoms with van der Waals surface area (Å²) >= 11 is 0. The van der Waals surface area contributed by atoms with Crippen molar-refractivity contribution in [1.29, 1.82) is 0 Å². The molecule has 1 saturated carbocycles. The molecule has 4 heteroatoms. The highest BCUT2D eigenvalue weighted by Crippen LogP contribution is 2.47. The molecule has 0 bridgehead atoms. The molecule has 2 fully saturated rings. The van der Waals surface area contributed by atoms with Crippen molar-refractivity contribution in [3.8, 4) is 5.75 Å². The molecule has 3 rings (SSSR count). The fourth-order valence-corrected chi connectivity index (χ4v) is 5.65. The van der Waals surface area contributed by atoms with Gasteiger partial charge in [-0.05, 0) is 37.0 Å². The fraction of sp³-hybridized carbons (Fsp3) is 0.533. The van der Waals surface area contributed by atoms with Gasteiger partial charge < -0.3 is 4.74 Å². The summed E-state index contributed by atoms with van der Waals surface area (Å²) in [5.74, 6) is 1.67. The van der Waals surface area contributed by atoms with E-state index in [0.29, 0.717) is 12.2 Å². The number of benzene rings is 1. The van der Waals surface area contributed by atoms with Gasteiger partial charge in [0.2, 0.25) is 0 Å². The second-order valence-electron chi connectivity index (χ2n) is 5.42. The van der Waals surface area contributed by atoms with E-state index < -0.39 is 10.8 Å². The van der Waals surface area contributed by atoms with Crippen LogP contribution in [0.4, 0.5) is 0 Å². The highest BCUT2D eigenvalue weighted by molar-refractivity contribution is 7.86. The van der Waals surface area contributed by atoms with Crippen LogP contribution in [0.15, 0.2) is 24.3 Å². The standard InChI is InChI=1S/C15H18O3S/c1-18-12-6-4-11(5-7-12)15-8-2-3-13(16)14(15)19(17)10-9-15/h4-7,14H,2-3,8-10H2,1H3/t14-,15-,19?/m0/s1. The van der Waals surface area contributed by atoms with Gasteiger partial charge in [0.25, 0.3) is 0 Å². The summed E-state index contributed by atoms with van der Waals surface area (Å²) in [5.41, 5.74) is 0.962. The van der Waals surface area contributed by atoms with Crippen molar-refractivity contribution in [3.05, 3.63) is 29.8 Å². The molecule has 3 nitrogen and oxygen atoms in total. The molecule has 1 aliphatic heterocycles. The van der Waals surface area contributed by atoms with Crippen molar-refractivity contribution in [2.75, 3.05) is 12.9 Å². The lowest BCUT2D eigenvalue weighted by molar-refractivity contribution is -0.121. The Kier molecular flexibility index (Phi) is 3.21. The number of hydrogen-bond acceptors (Lipinski definition) is 3. The van der Waals surface area contributed by atoms with Gasteiger partial charge in [-0.2, -0.15) is 0 Å². The molecule has 1 aliphatic carbocycles. The first kappa shape index (κ1) is 12.9. The van der Waals surface area contributed by atoms with Gasteiger partial charge in [0.1, 0.15) is 16.8 Å². The van der Waals surface area contributed by atoms with Gasteiger partial charge in [-0.3, -0.25) is 9.00 Å². The zero-order valence-electron chi connectivity index (χ0n) is 11.1. The lowest BCUT2D eigenvalue weighted by Gasteiger charge is -2.37. The average Bonchev–Trinajstić information content (AvgIpc) is 2.79. The van der Waals surface area contributed by atoms with E-state index in [9.17, 15) is 9.00 Å². The molecule has 1 aromatic rings. The Bertz CT molecular complexity index is 523. The van der Waals surface area contributed by atoms with Crippen LogP contribution in [-0.4, -0.2) is 28.1 Å². The number of methoxy groups -OCH3 is 1. The van der Waals surface area contributed by atoms with Crippen molar-refractivity contribution in [1.82, 2.24) is 0 Å². The molecule has 1 heterocycles. The molecule has 3 atom stereocenters. The number of ether oxygens (including phenoxy) is 1. The molecule has 1 saturated heterocycles. The van der Waals surface area contributed by atoms with E-state index in [2.05, 4.69) is 0 Å². The van der Waals surface area contributed by atoms with Crippen LogP contribution in [0, 0.1) is 0 Å². The monoisotopic (exact) mass is 278 g/mol. The molecule has 1 aromatic carbocycles. The summed E-state index contributed by atoms with van der Waals surface area (Å²) in [5, 5.41) is -0.283. The number of rotatable bonds is 2. The molecule has 0 radical (unpaired) electrons. The third kappa shape index (κ3) is 1.93. The first-order chi connectivity index (χ1) is 9.17. The third-order valence-corrected chi connectivity index (χ3v) is 6.36. The number of carbonyl (C=O) groups is 1. The predicted molar refractivity (Wildman–Crippen MR) is 74.9 cm³/mol. The topological polar surface area (TPSA) is 43.4 Å². The molecule has 0 aromatic heterocycles. The maximum Gasteiger partial charge on any atom is 0.149 e. The van der Waals surface area contributed by atoms with Crippen molar-refractivity contribution < 1.29 is 13.7 Å². The first-order valence-electron chi connectivity index (χ1n) is 6.72. The average molecular weight is 278 g/mol. The van der Waals surface area contributed by atoms with Gasteiger partial charge in [0.05, 0.1) is 7.11 Å². The first-order valence-corrected chi connectivity index (χ1v) is 8.10. The SMILES string of the molecule is COc1ccc([C@@]23CCCC(=O)[C@@H]2S(=O)CC3)cc1. The predicted octanol–water partition coefficient (Wildman–Crippen LogP) is 2.21. The molecule has 19 heavy (non-hydrogen) atoms. The maximum absolute atomic E-state index is 12.2. The van der Waals surface area contributed by atoms with Gasteiger partial charge in [-0.15, -0.1) is 0 Å². The number of ketones is 1. The molecule has 0 amide bonds. The normalized spacial score (nSPS) is 34.1. The largest absolute Gasteiger partial charge is 0.497 e. The van der Waals surface area contributed by atoms with E-state index in [0.717, 1.165) is 30.6 Å². The summed E-state index contributed by atoms with van der Waals surface area (Å²) in [4.78, 5) is 12.2. The highest BCUT2D eigenvalue weighted by Gasteiger charge is 2.53. The van der Waals surface area contributed by atoms with Gasteiger partial charge in [0, 0.05) is 28.4 Å². The van der Waals surface area contributed by atoms with E-state index in [1.165, 1.54) is 0 Å². The van der Waals surface area contributed by atoms with Crippen LogP contribution in [0.1, 0.15) is 31.2 Å². The highest BCUT2D eigenvalue weighted by atomic mass is 32.2. The quantitative estimate of drug-likeness (QED) is 0.833. The Labute approximate surface area is 115 Å². The number of Topliss-reactive ketones (excluding diaryl/α,β-unsaturated/α-hetero) is 1. The summed E-state index contributed by atoms with van der Waals surface area (Å²) in [6.45, 7) is 0. The second-order valence-corrected chi connectivity index (χ2v) is 7.06. The van der Waals surface area contributed by atoms with E-state index in [4.69, 9.17) is 4.74 Å². The second kappa shape index (κ2) is 4.75. The van der Waals surface area contributed by atoms with E-state index >= 15 is 0 Å². The molecule has 0 spiro atoms. The maximum atomic E-state index is 12.2. The van der Waals surface area contributed by atoms with Crippen LogP contribution in [0.2, 0.25) is 0 Å². The Morgan fingerprint density at radius 2 is 2.00 bits per heavy atom. The molecule has 1 unspecified atom stereocenters. The number of fused-ring (bicyclic) bond motifs is 1. The molecular weight excluding hydrogens is 260 g/mol. The van der Waals surface area contributed by atoms with Crippen molar-refractivity contribution in [2.45, 2.75) is 36.3 Å². The van der Waals surface area contributed by atoms with Crippen LogP contribution in [0.3, 0.4) is 0 Å². The molecule has 2 aliphatic rings. The Hall–Kier alpha value is -1.16. The summed E-state index contributed by atoms with van der Waals surface area (Å²) in [6, 6.07) is 7.93. The zero-order chi connectivity index (χ0) is 13.5. The lowest BCUT2D eigenvalue weighted by atomic mass is 9.67. The van der Waals surface area contributed by atoms with Gasteiger partial charge >= 0.3 is 0 Å². The van der Waals surface area contributed by atoms with Crippen molar-refractivity contribution >= 4 is 16.6 Å². The fourth-order valence-electron chi connectivity index (χ4n) is 3.57. The van der Waals surface area contributed by atoms with Crippen LogP contribution >= 0.6 is 0 Å². The third-order valence-electron chi connectivity index (χ3n) is 4.52. The Balaban J connectivity index is 2.03. The van der Waals surface area contributed by atoms with E-state index in [-0.39, 0.29) is 16.4 Å². The zero-order valence-corrected chi connectivity index (χ0v) is 11.9. The van der Waals surface area contributed by atoms with Gasteiger partial charge in [0.15, 0.2) is 0 Å². The minimum Gasteiger partial charge on any atom is -0.497 e. The Morgan fingerprint density at radius 3 is 2.68 bits per heavy atom. The minimum atomic E-state index is -0.997. The van der Waals surface area contributed by atoms with Crippen molar-refractivity contribution in [3.63, 3.8) is 0 Å². The van der Waals surface area contributed by atoms with Crippen LogP contribution in [-0.2, 0) is 21.0 Å². The molecule has 102 valence electrons. The van der Waals surface area contributed by atoms with Crippen LogP contribution in [0.25, 0.3) is 0 Å². The summed E-state index contributed by atoms with van der Waals surface area (Å²) < 4.78 is 17.4. The Morgan fingerprint density at radius 1 is 1.26 bits per heavy atom. The summed E-state index contributed by atoms with van der Waals surface area (Å²) in [6.07, 6.45) is 3.34.